The molecule has 2 N–H and O–H groups in total. The van der Waals surface area contributed by atoms with Crippen molar-refractivity contribution in [3.05, 3.63) is 0 Å². The first-order valence-corrected chi connectivity index (χ1v) is 9.39. The van der Waals surface area contributed by atoms with Crippen LogP contribution in [0.5, 0.6) is 0 Å². The summed E-state index contributed by atoms with van der Waals surface area (Å²) in [6.07, 6.45) is 3.55. The number of ether oxygens (including phenoxy) is 1. The fraction of sp³-hybridized carbons (Fsp3) is 0.875. The lowest BCUT2D eigenvalue weighted by Gasteiger charge is -2.31. The van der Waals surface area contributed by atoms with E-state index in [0.717, 1.165) is 50.3 Å². The van der Waals surface area contributed by atoms with Crippen LogP contribution in [0.4, 0.5) is 0 Å². The molecule has 0 amide bonds. The number of guanidine groups is 1. The smallest absolute Gasteiger partial charge is 0.309 e. The van der Waals surface area contributed by atoms with E-state index in [2.05, 4.69) is 9.89 Å². The third kappa shape index (κ3) is 5.38. The number of rotatable bonds is 2. The Balaban J connectivity index is 1.80. The molecule has 0 aromatic rings. The third-order valence-corrected chi connectivity index (χ3v) is 5.03. The Hall–Kier alpha value is -0.910. The number of nitrogens with zero attached hydrogens (tertiary/aromatic N) is 2. The maximum absolute atomic E-state index is 12.1. The molecule has 126 valence electrons. The summed E-state index contributed by atoms with van der Waals surface area (Å²) in [5.41, 5.74) is 5.73. The SMILES string of the molecule is CC(C)(C)OC(=O)C1CCC(N=C(N)N2CCSCC2)CC1. The Morgan fingerprint density at radius 1 is 1.18 bits per heavy atom. The van der Waals surface area contributed by atoms with E-state index in [9.17, 15) is 4.79 Å². The highest BCUT2D eigenvalue weighted by molar-refractivity contribution is 7.99. The normalized spacial score (nSPS) is 27.6. The molecule has 6 heteroatoms. The van der Waals surface area contributed by atoms with Gasteiger partial charge in [-0.15, -0.1) is 0 Å². The van der Waals surface area contributed by atoms with E-state index in [1.807, 2.05) is 32.5 Å². The van der Waals surface area contributed by atoms with E-state index in [0.29, 0.717) is 5.96 Å². The monoisotopic (exact) mass is 327 g/mol. The van der Waals surface area contributed by atoms with Gasteiger partial charge in [0.05, 0.1) is 12.0 Å². The minimum atomic E-state index is -0.400. The van der Waals surface area contributed by atoms with Crippen LogP contribution in [-0.4, -0.2) is 53.1 Å². The maximum atomic E-state index is 12.1. The number of nitrogens with two attached hydrogens (primary N) is 1. The van der Waals surface area contributed by atoms with Gasteiger partial charge in [-0.05, 0) is 46.5 Å². The average molecular weight is 327 g/mol. The van der Waals surface area contributed by atoms with Crippen LogP contribution in [-0.2, 0) is 9.53 Å². The zero-order valence-corrected chi connectivity index (χ0v) is 14.8. The minimum absolute atomic E-state index is 0.0262. The molecule has 2 aliphatic rings. The van der Waals surface area contributed by atoms with Crippen molar-refractivity contribution in [2.24, 2.45) is 16.6 Å². The molecule has 1 heterocycles. The summed E-state index contributed by atoms with van der Waals surface area (Å²) in [6, 6.07) is 0.258. The first-order valence-electron chi connectivity index (χ1n) is 8.24. The van der Waals surface area contributed by atoms with Crippen LogP contribution in [0.2, 0.25) is 0 Å². The van der Waals surface area contributed by atoms with Gasteiger partial charge in [0, 0.05) is 24.6 Å². The number of hydrogen-bond acceptors (Lipinski definition) is 4. The van der Waals surface area contributed by atoms with Crippen molar-refractivity contribution in [3.63, 3.8) is 0 Å². The van der Waals surface area contributed by atoms with E-state index in [1.54, 1.807) is 0 Å². The Kier molecular flexibility index (Phi) is 6.01. The van der Waals surface area contributed by atoms with Crippen molar-refractivity contribution >= 4 is 23.7 Å². The van der Waals surface area contributed by atoms with E-state index in [1.165, 1.54) is 0 Å². The van der Waals surface area contributed by atoms with Crippen molar-refractivity contribution in [3.8, 4) is 0 Å². The molecule has 1 saturated carbocycles. The van der Waals surface area contributed by atoms with Gasteiger partial charge < -0.3 is 15.4 Å². The molecule has 0 bridgehead atoms. The number of carbonyl (C=O) groups excluding carboxylic acids is 1. The van der Waals surface area contributed by atoms with Gasteiger partial charge >= 0.3 is 5.97 Å². The second kappa shape index (κ2) is 7.57. The summed E-state index contributed by atoms with van der Waals surface area (Å²) in [5.74, 6) is 2.90. The van der Waals surface area contributed by atoms with E-state index >= 15 is 0 Å². The molecule has 5 nitrogen and oxygen atoms in total. The zero-order chi connectivity index (χ0) is 16.2. The molecule has 2 rings (SSSR count). The van der Waals surface area contributed by atoms with Crippen molar-refractivity contribution in [1.29, 1.82) is 0 Å². The molecule has 0 radical (unpaired) electrons. The minimum Gasteiger partial charge on any atom is -0.460 e. The molecule has 1 aliphatic carbocycles. The zero-order valence-electron chi connectivity index (χ0n) is 14.0. The predicted molar refractivity (Wildman–Crippen MR) is 92.1 cm³/mol. The first-order chi connectivity index (χ1) is 10.3. The third-order valence-electron chi connectivity index (χ3n) is 4.09. The van der Waals surface area contributed by atoms with Crippen LogP contribution in [0.1, 0.15) is 46.5 Å². The highest BCUT2D eigenvalue weighted by Crippen LogP contribution is 2.28. The molecular formula is C16H29N3O2S. The highest BCUT2D eigenvalue weighted by atomic mass is 32.2. The number of esters is 1. The lowest BCUT2D eigenvalue weighted by atomic mass is 9.86. The molecule has 22 heavy (non-hydrogen) atoms. The summed E-state index contributed by atoms with van der Waals surface area (Å²) in [4.78, 5) is 19.0. The predicted octanol–water partition coefficient (Wildman–Crippen LogP) is 2.25. The molecule has 0 aromatic carbocycles. The average Bonchev–Trinajstić information content (AvgIpc) is 2.47. The van der Waals surface area contributed by atoms with Crippen LogP contribution >= 0.6 is 11.8 Å². The van der Waals surface area contributed by atoms with E-state index < -0.39 is 5.60 Å². The van der Waals surface area contributed by atoms with Gasteiger partial charge in [-0.25, -0.2) is 4.99 Å². The highest BCUT2D eigenvalue weighted by Gasteiger charge is 2.30. The topological polar surface area (TPSA) is 67.9 Å². The Bertz CT molecular complexity index is 406. The Morgan fingerprint density at radius 2 is 1.77 bits per heavy atom. The maximum Gasteiger partial charge on any atom is 0.309 e. The van der Waals surface area contributed by atoms with Crippen LogP contribution in [0, 0.1) is 5.92 Å². The second-order valence-electron chi connectivity index (χ2n) is 7.13. The van der Waals surface area contributed by atoms with Crippen LogP contribution in [0.15, 0.2) is 4.99 Å². The van der Waals surface area contributed by atoms with Gasteiger partial charge in [-0.1, -0.05) is 0 Å². The number of aliphatic imine (C=N–C) groups is 1. The fourth-order valence-corrected chi connectivity index (χ4v) is 3.79. The van der Waals surface area contributed by atoms with E-state index in [4.69, 9.17) is 10.5 Å². The molecule has 0 unspecified atom stereocenters. The quantitative estimate of drug-likeness (QED) is 0.479. The Morgan fingerprint density at radius 3 is 2.32 bits per heavy atom. The number of hydrogen-bond donors (Lipinski definition) is 1. The van der Waals surface area contributed by atoms with Gasteiger partial charge in [0.2, 0.25) is 0 Å². The molecule has 2 fully saturated rings. The number of carbonyl (C=O) groups is 1. The molecule has 1 aliphatic heterocycles. The molecule has 0 atom stereocenters. The summed E-state index contributed by atoms with van der Waals surface area (Å²) < 4.78 is 5.48. The number of thioether (sulfide) groups is 1. The first kappa shape index (κ1) is 17.4. The molecule has 0 spiro atoms. The van der Waals surface area contributed by atoms with Gasteiger partial charge in [0.15, 0.2) is 5.96 Å². The Labute approximate surface area is 138 Å². The summed E-state index contributed by atoms with van der Waals surface area (Å²) in [6.45, 7) is 7.73. The van der Waals surface area contributed by atoms with Gasteiger partial charge in [-0.2, -0.15) is 11.8 Å². The van der Waals surface area contributed by atoms with E-state index in [-0.39, 0.29) is 17.9 Å². The van der Waals surface area contributed by atoms with Crippen LogP contribution < -0.4 is 5.73 Å². The second-order valence-corrected chi connectivity index (χ2v) is 8.35. The standard InChI is InChI=1S/C16H29N3O2S/c1-16(2,3)21-14(20)12-4-6-13(7-5-12)18-15(17)19-8-10-22-11-9-19/h12-13H,4-11H2,1-3H3,(H2,17,18). The lowest BCUT2D eigenvalue weighted by Crippen LogP contribution is -2.43. The van der Waals surface area contributed by atoms with Crippen LogP contribution in [0.25, 0.3) is 0 Å². The van der Waals surface area contributed by atoms with Crippen LogP contribution in [0.3, 0.4) is 0 Å². The van der Waals surface area contributed by atoms with Gasteiger partial charge in [0.25, 0.3) is 0 Å². The van der Waals surface area contributed by atoms with Crippen molar-refractivity contribution in [2.45, 2.75) is 58.1 Å². The molecular weight excluding hydrogens is 298 g/mol. The van der Waals surface area contributed by atoms with Gasteiger partial charge in [0.1, 0.15) is 5.60 Å². The fourth-order valence-electron chi connectivity index (χ4n) is 2.89. The summed E-state index contributed by atoms with van der Waals surface area (Å²) in [5, 5.41) is 0. The lowest BCUT2D eigenvalue weighted by molar-refractivity contribution is -0.161. The van der Waals surface area contributed by atoms with Crippen molar-refractivity contribution in [2.75, 3.05) is 24.6 Å². The molecule has 1 saturated heterocycles. The summed E-state index contributed by atoms with van der Waals surface area (Å²) in [7, 11) is 0. The largest absolute Gasteiger partial charge is 0.460 e. The summed E-state index contributed by atoms with van der Waals surface area (Å²) >= 11 is 1.97. The molecule has 0 aromatic heterocycles. The van der Waals surface area contributed by atoms with Crippen molar-refractivity contribution < 1.29 is 9.53 Å². The van der Waals surface area contributed by atoms with Crippen molar-refractivity contribution in [1.82, 2.24) is 4.90 Å². The van der Waals surface area contributed by atoms with Gasteiger partial charge in [-0.3, -0.25) is 4.79 Å².